The minimum atomic E-state index is -1.24. The highest BCUT2D eigenvalue weighted by molar-refractivity contribution is 5.87. The van der Waals surface area contributed by atoms with Gasteiger partial charge in [-0.15, -0.1) is 0 Å². The smallest absolute Gasteiger partial charge is 0.407 e. The summed E-state index contributed by atoms with van der Waals surface area (Å²) >= 11 is 0. The van der Waals surface area contributed by atoms with Gasteiger partial charge in [-0.3, -0.25) is 4.79 Å². The average molecular weight is 479 g/mol. The fraction of sp³-hybridized carbons (Fsp3) is 0.464. The second-order valence-electron chi connectivity index (χ2n) is 10.2. The Morgan fingerprint density at radius 2 is 1.60 bits per heavy atom. The van der Waals surface area contributed by atoms with Crippen LogP contribution in [0.1, 0.15) is 57.1 Å². The van der Waals surface area contributed by atoms with E-state index in [0.29, 0.717) is 0 Å². The normalized spacial score (nSPS) is 17.1. The van der Waals surface area contributed by atoms with Crippen molar-refractivity contribution in [2.24, 2.45) is 17.8 Å². The molecule has 0 saturated heterocycles. The topological polar surface area (TPSA) is 105 Å². The summed E-state index contributed by atoms with van der Waals surface area (Å²) in [6.07, 6.45) is 1.23. The van der Waals surface area contributed by atoms with E-state index in [0.717, 1.165) is 24.0 Å². The molecule has 0 bridgehead atoms. The van der Waals surface area contributed by atoms with Gasteiger partial charge < -0.3 is 20.5 Å². The van der Waals surface area contributed by atoms with E-state index in [2.05, 4.69) is 34.9 Å². The molecule has 3 N–H and O–H groups in total. The number of carboxylic acids is 1. The summed E-state index contributed by atoms with van der Waals surface area (Å²) in [6, 6.07) is 16.3. The summed E-state index contributed by atoms with van der Waals surface area (Å²) in [6.45, 7) is 6.04. The summed E-state index contributed by atoms with van der Waals surface area (Å²) in [5.74, 6) is -1.39. The van der Waals surface area contributed by atoms with Crippen LogP contribution in [0.4, 0.5) is 4.79 Å². The number of ether oxygens (including phenoxy) is 1. The van der Waals surface area contributed by atoms with Crippen molar-refractivity contribution < 1.29 is 24.2 Å². The summed E-state index contributed by atoms with van der Waals surface area (Å²) in [7, 11) is 0. The number of fused-ring (bicyclic) bond motifs is 3. The highest BCUT2D eigenvalue weighted by Gasteiger charge is 2.48. The van der Waals surface area contributed by atoms with E-state index in [1.165, 1.54) is 11.1 Å². The predicted molar refractivity (Wildman–Crippen MR) is 133 cm³/mol. The van der Waals surface area contributed by atoms with Gasteiger partial charge in [-0.05, 0) is 59.8 Å². The van der Waals surface area contributed by atoms with Crippen LogP contribution in [-0.2, 0) is 14.3 Å². The molecule has 186 valence electrons. The Morgan fingerprint density at radius 3 is 2.11 bits per heavy atom. The van der Waals surface area contributed by atoms with Gasteiger partial charge in [0, 0.05) is 18.9 Å². The molecule has 35 heavy (non-hydrogen) atoms. The lowest BCUT2D eigenvalue weighted by molar-refractivity contribution is -0.148. The highest BCUT2D eigenvalue weighted by atomic mass is 16.5. The zero-order chi connectivity index (χ0) is 25.2. The second kappa shape index (κ2) is 10.1. The lowest BCUT2D eigenvalue weighted by Gasteiger charge is -2.28. The summed E-state index contributed by atoms with van der Waals surface area (Å²) in [5, 5.41) is 15.1. The third-order valence-electron chi connectivity index (χ3n) is 7.48. The maximum atomic E-state index is 12.7. The number of amides is 2. The van der Waals surface area contributed by atoms with Crippen LogP contribution in [0.15, 0.2) is 48.5 Å². The van der Waals surface area contributed by atoms with Crippen molar-refractivity contribution in [1.82, 2.24) is 10.6 Å². The highest BCUT2D eigenvalue weighted by Crippen LogP contribution is 2.44. The van der Waals surface area contributed by atoms with Crippen molar-refractivity contribution in [3.63, 3.8) is 0 Å². The summed E-state index contributed by atoms with van der Waals surface area (Å²) in [5.41, 5.74) is 3.40. The minimum Gasteiger partial charge on any atom is -0.480 e. The first-order chi connectivity index (χ1) is 16.7. The molecular weight excluding hydrogens is 444 g/mol. The largest absolute Gasteiger partial charge is 0.480 e. The Morgan fingerprint density at radius 1 is 1.03 bits per heavy atom. The zero-order valence-electron chi connectivity index (χ0n) is 20.5. The van der Waals surface area contributed by atoms with E-state index >= 15 is 0 Å². The fourth-order valence-electron chi connectivity index (χ4n) is 4.98. The van der Waals surface area contributed by atoms with E-state index in [1.807, 2.05) is 38.1 Å². The third kappa shape index (κ3) is 5.34. The second-order valence-corrected chi connectivity index (χ2v) is 10.2. The van der Waals surface area contributed by atoms with E-state index in [1.54, 1.807) is 6.92 Å². The van der Waals surface area contributed by atoms with Gasteiger partial charge in [0.15, 0.2) is 0 Å². The molecule has 2 aliphatic carbocycles. The van der Waals surface area contributed by atoms with Crippen molar-refractivity contribution in [2.75, 3.05) is 13.2 Å². The molecule has 7 heteroatoms. The molecule has 2 aromatic rings. The number of nitrogens with one attached hydrogen (secondary N) is 2. The van der Waals surface area contributed by atoms with E-state index < -0.39 is 17.6 Å². The first kappa shape index (κ1) is 24.8. The molecule has 0 radical (unpaired) electrons. The number of hydrogen-bond donors (Lipinski definition) is 3. The van der Waals surface area contributed by atoms with Gasteiger partial charge in [0.1, 0.15) is 12.1 Å². The number of carbonyl (C=O) groups is 3. The van der Waals surface area contributed by atoms with Crippen LogP contribution >= 0.6 is 0 Å². The lowest BCUT2D eigenvalue weighted by Crippen LogP contribution is -2.54. The van der Waals surface area contributed by atoms with E-state index in [9.17, 15) is 19.5 Å². The number of rotatable bonds is 10. The third-order valence-corrected chi connectivity index (χ3v) is 7.48. The maximum Gasteiger partial charge on any atom is 0.407 e. The van der Waals surface area contributed by atoms with Crippen molar-refractivity contribution in [3.8, 4) is 11.1 Å². The number of benzene rings is 2. The Bertz CT molecular complexity index is 1060. The summed E-state index contributed by atoms with van der Waals surface area (Å²) < 4.78 is 5.60. The van der Waals surface area contributed by atoms with Gasteiger partial charge in [-0.25, -0.2) is 9.59 Å². The Balaban J connectivity index is 1.31. The van der Waals surface area contributed by atoms with E-state index in [4.69, 9.17) is 4.74 Å². The average Bonchev–Trinajstić information content (AvgIpc) is 3.64. The van der Waals surface area contributed by atoms with Crippen LogP contribution < -0.4 is 10.6 Å². The molecule has 2 aliphatic rings. The molecule has 7 nitrogen and oxygen atoms in total. The molecule has 1 saturated carbocycles. The summed E-state index contributed by atoms with van der Waals surface area (Å²) in [4.78, 5) is 36.9. The van der Waals surface area contributed by atoms with Crippen LogP contribution in [0.5, 0.6) is 0 Å². The number of hydrogen-bond acceptors (Lipinski definition) is 4. The maximum absolute atomic E-state index is 12.7. The zero-order valence-corrected chi connectivity index (χ0v) is 20.5. The molecular formula is C28H34N2O5. The first-order valence-corrected chi connectivity index (χ1v) is 12.3. The van der Waals surface area contributed by atoms with Crippen molar-refractivity contribution in [3.05, 3.63) is 59.7 Å². The number of carbonyl (C=O) groups excluding carboxylic acids is 2. The quantitative estimate of drug-likeness (QED) is 0.464. The molecule has 1 fully saturated rings. The van der Waals surface area contributed by atoms with Crippen molar-refractivity contribution in [2.45, 2.75) is 51.5 Å². The number of aliphatic carboxylic acids is 1. The molecule has 2 atom stereocenters. The van der Waals surface area contributed by atoms with Crippen LogP contribution in [0.2, 0.25) is 0 Å². The van der Waals surface area contributed by atoms with Gasteiger partial charge in [0.25, 0.3) is 0 Å². The number of carboxylic acid groups (broad SMARTS) is 1. The lowest BCUT2D eigenvalue weighted by atomic mass is 9.90. The molecule has 0 aliphatic heterocycles. The molecule has 0 heterocycles. The van der Waals surface area contributed by atoms with E-state index in [-0.39, 0.29) is 49.2 Å². The van der Waals surface area contributed by atoms with Gasteiger partial charge in [-0.2, -0.15) is 0 Å². The van der Waals surface area contributed by atoms with Gasteiger partial charge >= 0.3 is 12.1 Å². The predicted octanol–water partition coefficient (Wildman–Crippen LogP) is 4.56. The molecule has 2 aromatic carbocycles. The van der Waals surface area contributed by atoms with Crippen LogP contribution in [0.25, 0.3) is 11.1 Å². The molecule has 0 aromatic heterocycles. The SMILES string of the molecule is CC(C)C(CNC(=O)OCC1c2ccccc2-c2ccccc21)CC(=O)NC(C)(C(=O)O)C1CC1. The monoisotopic (exact) mass is 478 g/mol. The number of alkyl carbamates (subject to hydrolysis) is 1. The molecule has 4 rings (SSSR count). The molecule has 0 spiro atoms. The van der Waals surface area contributed by atoms with Crippen LogP contribution in [0, 0.1) is 17.8 Å². The standard InChI is InChI=1S/C28H34N2O5/c1-17(2)18(14-25(31)30-28(3,26(32)33)19-12-13-19)15-29-27(34)35-16-24-22-10-6-4-8-20(22)21-9-5-7-11-23(21)24/h4-11,17-19,24H,12-16H2,1-3H3,(H,29,34)(H,30,31)(H,32,33). The van der Waals surface area contributed by atoms with Gasteiger partial charge in [-0.1, -0.05) is 62.4 Å². The van der Waals surface area contributed by atoms with Gasteiger partial charge in [0.2, 0.25) is 5.91 Å². The molecule has 2 unspecified atom stereocenters. The van der Waals surface area contributed by atoms with Crippen LogP contribution in [0.3, 0.4) is 0 Å². The minimum absolute atomic E-state index is 0.0176. The van der Waals surface area contributed by atoms with Crippen molar-refractivity contribution in [1.29, 1.82) is 0 Å². The Kier molecular flexibility index (Phi) is 7.15. The molecule has 2 amide bonds. The Labute approximate surface area is 206 Å². The fourth-order valence-corrected chi connectivity index (χ4v) is 4.98. The Hall–Kier alpha value is -3.35. The first-order valence-electron chi connectivity index (χ1n) is 12.3. The van der Waals surface area contributed by atoms with Crippen molar-refractivity contribution >= 4 is 18.0 Å². The van der Waals surface area contributed by atoms with Gasteiger partial charge in [0.05, 0.1) is 0 Å². The van der Waals surface area contributed by atoms with Crippen LogP contribution in [-0.4, -0.2) is 41.8 Å².